The van der Waals surface area contributed by atoms with Gasteiger partial charge in [0.05, 0.1) is 12.2 Å². The van der Waals surface area contributed by atoms with Gasteiger partial charge in [-0.25, -0.2) is 4.98 Å². The molecule has 0 fully saturated rings. The highest BCUT2D eigenvalue weighted by Gasteiger charge is 2.08. The lowest BCUT2D eigenvalue weighted by Crippen LogP contribution is -2.21. The van der Waals surface area contributed by atoms with Crippen LogP contribution >= 0.6 is 11.3 Å². The number of rotatable bonds is 4. The summed E-state index contributed by atoms with van der Waals surface area (Å²) < 4.78 is 0. The van der Waals surface area contributed by atoms with E-state index < -0.39 is 0 Å². The van der Waals surface area contributed by atoms with Crippen molar-refractivity contribution in [1.82, 2.24) is 4.98 Å². The van der Waals surface area contributed by atoms with Crippen molar-refractivity contribution in [2.75, 3.05) is 18.9 Å². The molecule has 0 unspecified atom stereocenters. The second-order valence-corrected chi connectivity index (χ2v) is 5.11. The van der Waals surface area contributed by atoms with Crippen LogP contribution in [0.5, 0.6) is 0 Å². The predicted octanol–water partition coefficient (Wildman–Crippen LogP) is 2.06. The number of carbonyl (C=O) groups excluding carboxylic acids is 1. The van der Waals surface area contributed by atoms with Gasteiger partial charge in [-0.15, -0.1) is 11.3 Å². The number of hydrogen-bond donors (Lipinski definition) is 2. The lowest BCUT2D eigenvalue weighted by molar-refractivity contribution is -0.114. The van der Waals surface area contributed by atoms with Crippen molar-refractivity contribution in [3.63, 3.8) is 0 Å². The highest BCUT2D eigenvalue weighted by atomic mass is 32.1. The average molecular weight is 288 g/mol. The van der Waals surface area contributed by atoms with E-state index in [4.69, 9.17) is 5.73 Å². The Kier molecular flexibility index (Phi) is 4.60. The number of nitrogens with zero attached hydrogens (tertiary/aromatic N) is 2. The molecule has 2 aromatic rings. The average Bonchev–Trinajstić information content (AvgIpc) is 2.89. The zero-order chi connectivity index (χ0) is 14.5. The van der Waals surface area contributed by atoms with Crippen LogP contribution in [0, 0.1) is 6.92 Å². The smallest absolute Gasteiger partial charge is 0.239 e. The Morgan fingerprint density at radius 1 is 1.55 bits per heavy atom. The number of aliphatic imine (C=N–C) groups is 1. The lowest BCUT2D eigenvalue weighted by Gasteiger charge is -2.03. The summed E-state index contributed by atoms with van der Waals surface area (Å²) >= 11 is 1.38. The number of hydrogen-bond acceptors (Lipinski definition) is 5. The first-order valence-corrected chi connectivity index (χ1v) is 7.00. The molecule has 0 aliphatic heterocycles. The molecule has 0 spiro atoms. The van der Waals surface area contributed by atoms with Crippen molar-refractivity contribution in [2.45, 2.75) is 6.92 Å². The van der Waals surface area contributed by atoms with Crippen molar-refractivity contribution >= 4 is 28.6 Å². The van der Waals surface area contributed by atoms with Gasteiger partial charge in [0.2, 0.25) is 5.91 Å². The number of anilines is 1. The minimum atomic E-state index is -0.239. The first-order chi connectivity index (χ1) is 9.63. The van der Waals surface area contributed by atoms with Crippen LogP contribution in [0.1, 0.15) is 11.1 Å². The summed E-state index contributed by atoms with van der Waals surface area (Å²) in [6.07, 6.45) is 1.83. The predicted molar refractivity (Wildman–Crippen MR) is 83.5 cm³/mol. The molecule has 20 heavy (non-hydrogen) atoms. The normalized spacial score (nSPS) is 10.9. The van der Waals surface area contributed by atoms with Crippen molar-refractivity contribution < 1.29 is 4.79 Å². The molecule has 0 aliphatic rings. The molecule has 3 N–H and O–H groups in total. The Bertz CT molecular complexity index is 648. The molecule has 0 radical (unpaired) electrons. The number of aryl methyl sites for hydroxylation is 1. The molecule has 1 amide bonds. The maximum Gasteiger partial charge on any atom is 0.239 e. The largest absolute Gasteiger partial charge is 0.322 e. The molecule has 1 aromatic heterocycles. The Labute approximate surface area is 121 Å². The van der Waals surface area contributed by atoms with Crippen LogP contribution in [0.25, 0.3) is 11.3 Å². The number of nitrogens with one attached hydrogen (secondary N) is 1. The minimum absolute atomic E-state index is 0.0426. The standard InChI is InChI=1S/C14H16N4OS/c1-9-5-10(3-4-11(9)7-16-2)12-8-20-14(17-12)18-13(19)6-15/h3-5,7-8H,6,15H2,1-2H3,(H,17,18,19)/b16-7-. The zero-order valence-electron chi connectivity index (χ0n) is 11.4. The fraction of sp³-hybridized carbons (Fsp3) is 0.214. The van der Waals surface area contributed by atoms with Crippen LogP contribution in [0.15, 0.2) is 28.6 Å². The monoisotopic (exact) mass is 288 g/mol. The summed E-state index contributed by atoms with van der Waals surface area (Å²) in [6.45, 7) is 1.99. The molecule has 0 bridgehead atoms. The van der Waals surface area contributed by atoms with Crippen molar-refractivity contribution in [2.24, 2.45) is 10.7 Å². The zero-order valence-corrected chi connectivity index (χ0v) is 12.2. The third kappa shape index (κ3) is 3.28. The van der Waals surface area contributed by atoms with Gasteiger partial charge in [-0.05, 0) is 24.1 Å². The number of carbonyl (C=O) groups is 1. The Morgan fingerprint density at radius 3 is 3.00 bits per heavy atom. The Hall–Kier alpha value is -2.05. The van der Waals surface area contributed by atoms with E-state index in [1.54, 1.807) is 7.05 Å². The fourth-order valence-corrected chi connectivity index (χ4v) is 2.49. The summed E-state index contributed by atoms with van der Waals surface area (Å²) in [5, 5.41) is 5.12. The Balaban J connectivity index is 2.24. The van der Waals surface area contributed by atoms with E-state index in [1.807, 2.05) is 30.7 Å². The van der Waals surface area contributed by atoms with E-state index in [0.29, 0.717) is 5.13 Å². The van der Waals surface area contributed by atoms with Crippen molar-refractivity contribution in [3.05, 3.63) is 34.7 Å². The van der Waals surface area contributed by atoms with Gasteiger partial charge in [0.25, 0.3) is 0 Å². The van der Waals surface area contributed by atoms with Gasteiger partial charge >= 0.3 is 0 Å². The summed E-state index contributed by atoms with van der Waals surface area (Å²) in [7, 11) is 1.75. The second kappa shape index (κ2) is 6.40. The van der Waals surface area contributed by atoms with Gasteiger partial charge in [-0.2, -0.15) is 0 Å². The summed E-state index contributed by atoms with van der Waals surface area (Å²) in [5.41, 5.74) is 9.33. The lowest BCUT2D eigenvalue weighted by atomic mass is 10.0. The molecule has 6 heteroatoms. The molecule has 0 saturated heterocycles. The number of amides is 1. The first kappa shape index (κ1) is 14.4. The SMILES string of the molecule is C/N=C\c1ccc(-c2csc(NC(=O)CN)n2)cc1C. The van der Waals surface area contributed by atoms with E-state index in [-0.39, 0.29) is 12.5 Å². The van der Waals surface area contributed by atoms with Crippen molar-refractivity contribution in [1.29, 1.82) is 0 Å². The van der Waals surface area contributed by atoms with Gasteiger partial charge in [-0.1, -0.05) is 12.1 Å². The fourth-order valence-electron chi connectivity index (χ4n) is 1.75. The van der Waals surface area contributed by atoms with E-state index in [9.17, 15) is 4.79 Å². The second-order valence-electron chi connectivity index (χ2n) is 4.25. The summed E-state index contributed by atoms with van der Waals surface area (Å²) in [5.74, 6) is -0.239. The molecule has 5 nitrogen and oxygen atoms in total. The summed E-state index contributed by atoms with van der Waals surface area (Å²) in [4.78, 5) is 19.6. The molecule has 0 saturated carbocycles. The molecular weight excluding hydrogens is 272 g/mol. The van der Waals surface area contributed by atoms with Crippen LogP contribution < -0.4 is 11.1 Å². The third-order valence-corrected chi connectivity index (χ3v) is 3.53. The van der Waals surface area contributed by atoms with E-state index in [2.05, 4.69) is 21.4 Å². The maximum atomic E-state index is 11.2. The van der Waals surface area contributed by atoms with Gasteiger partial charge in [0.1, 0.15) is 0 Å². The highest BCUT2D eigenvalue weighted by molar-refractivity contribution is 7.14. The number of benzene rings is 1. The van der Waals surface area contributed by atoms with Gasteiger partial charge in [0, 0.05) is 24.2 Å². The first-order valence-electron chi connectivity index (χ1n) is 6.12. The van der Waals surface area contributed by atoms with Gasteiger partial charge < -0.3 is 11.1 Å². The highest BCUT2D eigenvalue weighted by Crippen LogP contribution is 2.26. The van der Waals surface area contributed by atoms with E-state index in [1.165, 1.54) is 11.3 Å². The third-order valence-electron chi connectivity index (χ3n) is 2.77. The van der Waals surface area contributed by atoms with Crippen LogP contribution in [0.3, 0.4) is 0 Å². The van der Waals surface area contributed by atoms with Crippen LogP contribution in [-0.4, -0.2) is 30.7 Å². The van der Waals surface area contributed by atoms with E-state index in [0.717, 1.165) is 22.4 Å². The molecule has 1 aromatic carbocycles. The van der Waals surface area contributed by atoms with E-state index >= 15 is 0 Å². The molecule has 2 rings (SSSR count). The number of nitrogens with two attached hydrogens (primary N) is 1. The molecule has 0 atom stereocenters. The Morgan fingerprint density at radius 2 is 2.35 bits per heavy atom. The topological polar surface area (TPSA) is 80.4 Å². The van der Waals surface area contributed by atoms with Gasteiger partial charge in [-0.3, -0.25) is 9.79 Å². The maximum absolute atomic E-state index is 11.2. The van der Waals surface area contributed by atoms with Crippen LogP contribution in [-0.2, 0) is 4.79 Å². The van der Waals surface area contributed by atoms with Gasteiger partial charge in [0.15, 0.2) is 5.13 Å². The molecule has 1 heterocycles. The number of aromatic nitrogens is 1. The number of thiazole rings is 1. The summed E-state index contributed by atoms with van der Waals surface area (Å²) in [6, 6.07) is 6.06. The molecular formula is C14H16N4OS. The molecule has 104 valence electrons. The van der Waals surface area contributed by atoms with Crippen molar-refractivity contribution in [3.8, 4) is 11.3 Å². The molecule has 0 aliphatic carbocycles. The quantitative estimate of drug-likeness (QED) is 0.845. The minimum Gasteiger partial charge on any atom is -0.322 e. The van der Waals surface area contributed by atoms with Crippen LogP contribution in [0.4, 0.5) is 5.13 Å². The van der Waals surface area contributed by atoms with Crippen LogP contribution in [0.2, 0.25) is 0 Å².